The molecule has 5 heteroatoms. The Hall–Kier alpha value is -4.51. The average molecular weight is 481 g/mol. The van der Waals surface area contributed by atoms with Gasteiger partial charge in [-0.3, -0.25) is 4.79 Å². The molecular formula is C31H28O5. The molecule has 0 spiro atoms. The second-order valence-electron chi connectivity index (χ2n) is 8.01. The molecule has 5 nitrogen and oxygen atoms in total. The second kappa shape index (κ2) is 12.3. The van der Waals surface area contributed by atoms with Crippen LogP contribution in [0.4, 0.5) is 0 Å². The number of ketones is 1. The van der Waals surface area contributed by atoms with Crippen LogP contribution in [0.2, 0.25) is 0 Å². The smallest absolute Gasteiger partial charge is 0.189 e. The number of hydrogen-bond donors (Lipinski definition) is 0. The lowest BCUT2D eigenvalue weighted by molar-refractivity contribution is 0.104. The Labute approximate surface area is 211 Å². The van der Waals surface area contributed by atoms with Crippen LogP contribution in [0.5, 0.6) is 23.0 Å². The van der Waals surface area contributed by atoms with Crippen molar-refractivity contribution in [3.05, 3.63) is 125 Å². The van der Waals surface area contributed by atoms with E-state index in [0.717, 1.165) is 16.7 Å². The van der Waals surface area contributed by atoms with Gasteiger partial charge in [-0.05, 0) is 47.5 Å². The predicted molar refractivity (Wildman–Crippen MR) is 141 cm³/mol. The van der Waals surface area contributed by atoms with Gasteiger partial charge in [-0.15, -0.1) is 0 Å². The van der Waals surface area contributed by atoms with E-state index in [1.54, 1.807) is 38.5 Å². The van der Waals surface area contributed by atoms with Gasteiger partial charge in [-0.1, -0.05) is 60.7 Å². The molecule has 0 fully saturated rings. The van der Waals surface area contributed by atoms with Crippen molar-refractivity contribution in [3.8, 4) is 23.0 Å². The minimum absolute atomic E-state index is 0.189. The van der Waals surface area contributed by atoms with Gasteiger partial charge >= 0.3 is 0 Å². The van der Waals surface area contributed by atoms with E-state index >= 15 is 0 Å². The number of allylic oxidation sites excluding steroid dienone is 1. The minimum Gasteiger partial charge on any atom is -0.497 e. The van der Waals surface area contributed by atoms with E-state index in [2.05, 4.69) is 0 Å². The number of benzene rings is 4. The van der Waals surface area contributed by atoms with Gasteiger partial charge in [0.15, 0.2) is 5.78 Å². The lowest BCUT2D eigenvalue weighted by atomic mass is 10.1. The Kier molecular flexibility index (Phi) is 8.39. The molecule has 182 valence electrons. The standard InChI is InChI=1S/C31H28O5/c1-33-26-15-13-25(30(19-26)35-21-23-9-5-3-6-10-23)14-18-29(32)28-17-16-27(34-2)20-31(28)36-22-24-11-7-4-8-12-24/h3-20H,21-22H2,1-2H3/b18-14+. The molecule has 0 radical (unpaired) electrons. The van der Waals surface area contributed by atoms with Crippen molar-refractivity contribution < 1.29 is 23.7 Å². The molecule has 4 aromatic carbocycles. The van der Waals surface area contributed by atoms with Gasteiger partial charge in [-0.25, -0.2) is 0 Å². The molecule has 0 amide bonds. The van der Waals surface area contributed by atoms with Gasteiger partial charge in [-0.2, -0.15) is 0 Å². The summed E-state index contributed by atoms with van der Waals surface area (Å²) in [6.07, 6.45) is 3.27. The number of carbonyl (C=O) groups excluding carboxylic acids is 1. The van der Waals surface area contributed by atoms with Gasteiger partial charge in [0.05, 0.1) is 19.8 Å². The lowest BCUT2D eigenvalue weighted by Crippen LogP contribution is -2.03. The first kappa shape index (κ1) is 24.6. The van der Waals surface area contributed by atoms with Crippen LogP contribution in [0, 0.1) is 0 Å². The van der Waals surface area contributed by atoms with Crippen LogP contribution in [0.1, 0.15) is 27.0 Å². The zero-order valence-electron chi connectivity index (χ0n) is 20.3. The van der Waals surface area contributed by atoms with Gasteiger partial charge in [0.25, 0.3) is 0 Å². The highest BCUT2D eigenvalue weighted by atomic mass is 16.5. The molecule has 0 aliphatic heterocycles. The molecule has 0 saturated heterocycles. The van der Waals surface area contributed by atoms with Crippen molar-refractivity contribution >= 4 is 11.9 Å². The van der Waals surface area contributed by atoms with Crippen LogP contribution in [-0.4, -0.2) is 20.0 Å². The van der Waals surface area contributed by atoms with Crippen LogP contribution in [0.25, 0.3) is 6.08 Å². The van der Waals surface area contributed by atoms with Gasteiger partial charge in [0.1, 0.15) is 36.2 Å². The first-order valence-corrected chi connectivity index (χ1v) is 11.6. The Bertz CT molecular complexity index is 1310. The highest BCUT2D eigenvalue weighted by molar-refractivity contribution is 6.08. The van der Waals surface area contributed by atoms with Crippen molar-refractivity contribution in [2.75, 3.05) is 14.2 Å². The second-order valence-corrected chi connectivity index (χ2v) is 8.01. The van der Waals surface area contributed by atoms with Crippen molar-refractivity contribution in [3.63, 3.8) is 0 Å². The van der Waals surface area contributed by atoms with E-state index < -0.39 is 0 Å². The number of ether oxygens (including phenoxy) is 4. The normalized spacial score (nSPS) is 10.7. The largest absolute Gasteiger partial charge is 0.497 e. The van der Waals surface area contributed by atoms with E-state index in [1.165, 1.54) is 6.08 Å². The molecular weight excluding hydrogens is 452 g/mol. The quantitative estimate of drug-likeness (QED) is 0.175. The fourth-order valence-corrected chi connectivity index (χ4v) is 3.58. The third kappa shape index (κ3) is 6.54. The molecule has 36 heavy (non-hydrogen) atoms. The summed E-state index contributed by atoms with van der Waals surface area (Å²) >= 11 is 0. The zero-order chi connectivity index (χ0) is 25.2. The van der Waals surface area contributed by atoms with Crippen LogP contribution < -0.4 is 18.9 Å². The Morgan fingerprint density at radius 2 is 1.19 bits per heavy atom. The Morgan fingerprint density at radius 3 is 1.78 bits per heavy atom. The van der Waals surface area contributed by atoms with E-state index in [4.69, 9.17) is 18.9 Å². The van der Waals surface area contributed by atoms with Crippen LogP contribution >= 0.6 is 0 Å². The summed E-state index contributed by atoms with van der Waals surface area (Å²) in [5.41, 5.74) is 3.26. The molecule has 4 rings (SSSR count). The van der Waals surface area contributed by atoms with E-state index in [1.807, 2.05) is 78.9 Å². The fraction of sp³-hybridized carbons (Fsp3) is 0.129. The maximum Gasteiger partial charge on any atom is 0.189 e. The maximum absolute atomic E-state index is 13.2. The summed E-state index contributed by atoms with van der Waals surface area (Å²) in [4.78, 5) is 13.2. The molecule has 0 heterocycles. The van der Waals surface area contributed by atoms with Crippen LogP contribution in [0.3, 0.4) is 0 Å². The molecule has 0 aliphatic carbocycles. The molecule has 0 N–H and O–H groups in total. The van der Waals surface area contributed by atoms with E-state index in [0.29, 0.717) is 41.8 Å². The maximum atomic E-state index is 13.2. The monoisotopic (exact) mass is 480 g/mol. The van der Waals surface area contributed by atoms with E-state index in [9.17, 15) is 4.79 Å². The molecule has 0 saturated carbocycles. The van der Waals surface area contributed by atoms with Crippen molar-refractivity contribution in [1.82, 2.24) is 0 Å². The molecule has 0 aromatic heterocycles. The molecule has 0 unspecified atom stereocenters. The van der Waals surface area contributed by atoms with Gasteiger partial charge in [0, 0.05) is 17.7 Å². The first-order valence-electron chi connectivity index (χ1n) is 11.6. The van der Waals surface area contributed by atoms with Crippen LogP contribution in [0.15, 0.2) is 103 Å². The number of hydrogen-bond acceptors (Lipinski definition) is 5. The van der Waals surface area contributed by atoms with Crippen LogP contribution in [-0.2, 0) is 13.2 Å². The minimum atomic E-state index is -0.189. The highest BCUT2D eigenvalue weighted by Gasteiger charge is 2.13. The Balaban J connectivity index is 1.54. The summed E-state index contributed by atoms with van der Waals surface area (Å²) < 4.78 is 22.8. The van der Waals surface area contributed by atoms with E-state index in [-0.39, 0.29) is 5.78 Å². The average Bonchev–Trinajstić information content (AvgIpc) is 2.94. The molecule has 0 bridgehead atoms. The summed E-state index contributed by atoms with van der Waals surface area (Å²) in [5, 5.41) is 0. The molecule has 0 aliphatic rings. The van der Waals surface area contributed by atoms with Crippen molar-refractivity contribution in [2.45, 2.75) is 13.2 Å². The Morgan fingerprint density at radius 1 is 0.667 bits per heavy atom. The number of rotatable bonds is 11. The van der Waals surface area contributed by atoms with Crippen molar-refractivity contribution in [2.24, 2.45) is 0 Å². The summed E-state index contributed by atoms with van der Waals surface area (Å²) in [6, 6.07) is 30.4. The topological polar surface area (TPSA) is 54.0 Å². The lowest BCUT2D eigenvalue weighted by Gasteiger charge is -2.12. The van der Waals surface area contributed by atoms with Gasteiger partial charge < -0.3 is 18.9 Å². The zero-order valence-corrected chi connectivity index (χ0v) is 20.3. The predicted octanol–water partition coefficient (Wildman–Crippen LogP) is 6.76. The summed E-state index contributed by atoms with van der Waals surface area (Å²) in [6.45, 7) is 0.743. The summed E-state index contributed by atoms with van der Waals surface area (Å²) in [7, 11) is 3.19. The van der Waals surface area contributed by atoms with Gasteiger partial charge in [0.2, 0.25) is 0 Å². The SMILES string of the molecule is COc1ccc(/C=C/C(=O)c2ccc(OC)cc2OCc2ccccc2)c(OCc2ccccc2)c1. The molecule has 4 aromatic rings. The molecule has 0 atom stereocenters. The third-order valence-corrected chi connectivity index (χ3v) is 5.56. The first-order chi connectivity index (χ1) is 17.7. The number of methoxy groups -OCH3 is 2. The third-order valence-electron chi connectivity index (χ3n) is 5.56. The van der Waals surface area contributed by atoms with Crippen molar-refractivity contribution in [1.29, 1.82) is 0 Å². The number of carbonyl (C=O) groups is 1. The summed E-state index contributed by atoms with van der Waals surface area (Å²) in [5.74, 6) is 2.19. The highest BCUT2D eigenvalue weighted by Crippen LogP contribution is 2.29. The fourth-order valence-electron chi connectivity index (χ4n) is 3.58.